The van der Waals surface area contributed by atoms with Crippen molar-refractivity contribution in [3.8, 4) is 12.3 Å². The van der Waals surface area contributed by atoms with Gasteiger partial charge in [0.15, 0.2) is 5.66 Å². The van der Waals surface area contributed by atoms with Gasteiger partial charge in [-0.2, -0.15) is 10.2 Å². The van der Waals surface area contributed by atoms with Crippen LogP contribution in [0.5, 0.6) is 0 Å². The third kappa shape index (κ3) is 3.80. The van der Waals surface area contributed by atoms with Crippen LogP contribution in [-0.4, -0.2) is 40.9 Å². The van der Waals surface area contributed by atoms with Gasteiger partial charge in [-0.25, -0.2) is 0 Å². The van der Waals surface area contributed by atoms with Crippen LogP contribution in [0.15, 0.2) is 28.4 Å². The van der Waals surface area contributed by atoms with E-state index in [4.69, 9.17) is 6.42 Å². The molecule has 1 aromatic carbocycles. The van der Waals surface area contributed by atoms with E-state index in [2.05, 4.69) is 21.5 Å². The molecule has 0 spiro atoms. The zero-order chi connectivity index (χ0) is 20.4. The summed E-state index contributed by atoms with van der Waals surface area (Å²) in [5, 5.41) is 10.9. The molecule has 0 saturated heterocycles. The Bertz CT molecular complexity index is 918. The normalized spacial score (nSPS) is 19.8. The summed E-state index contributed by atoms with van der Waals surface area (Å²) in [6.07, 6.45) is 12.1. The van der Waals surface area contributed by atoms with Crippen LogP contribution in [-0.2, 0) is 0 Å². The maximum absolute atomic E-state index is 12.9. The Morgan fingerprint density at radius 2 is 1.86 bits per heavy atom. The van der Waals surface area contributed by atoms with Crippen molar-refractivity contribution in [1.82, 2.24) is 10.2 Å². The highest BCUT2D eigenvalue weighted by molar-refractivity contribution is 6.22. The van der Waals surface area contributed by atoms with E-state index in [9.17, 15) is 14.4 Å². The predicted octanol–water partition coefficient (Wildman–Crippen LogP) is 3.31. The van der Waals surface area contributed by atoms with Crippen molar-refractivity contribution in [1.29, 1.82) is 0 Å². The molecule has 0 atom stereocenters. The van der Waals surface area contributed by atoms with Gasteiger partial charge in [-0.05, 0) is 31.0 Å². The highest BCUT2D eigenvalue weighted by atomic mass is 16.2. The number of rotatable bonds is 7. The molecule has 2 heterocycles. The van der Waals surface area contributed by atoms with Gasteiger partial charge in [-0.3, -0.25) is 19.3 Å². The van der Waals surface area contributed by atoms with Crippen molar-refractivity contribution in [2.24, 2.45) is 10.2 Å². The molecule has 1 aromatic rings. The van der Waals surface area contributed by atoms with E-state index in [1.807, 2.05) is 0 Å². The van der Waals surface area contributed by atoms with Crippen molar-refractivity contribution < 1.29 is 14.4 Å². The number of terminal acetylenes is 1. The summed E-state index contributed by atoms with van der Waals surface area (Å²) in [4.78, 5) is 39.5. The zero-order valence-electron chi connectivity index (χ0n) is 16.3. The number of imide groups is 1. The van der Waals surface area contributed by atoms with Crippen LogP contribution in [0.3, 0.4) is 0 Å². The molecule has 1 aliphatic carbocycles. The second-order valence-electron chi connectivity index (χ2n) is 7.92. The first-order chi connectivity index (χ1) is 14.0. The number of amides is 3. The largest absolute Gasteiger partial charge is 0.352 e. The SMILES string of the molecule is C#CCCC1(CCNC(=O)c2ccc3c(c2)C(=O)N(C2CCCCC2)C3=O)N=N1. The van der Waals surface area contributed by atoms with Crippen LogP contribution in [0.2, 0.25) is 0 Å². The van der Waals surface area contributed by atoms with Crippen molar-refractivity contribution in [2.75, 3.05) is 6.54 Å². The Morgan fingerprint density at radius 1 is 1.14 bits per heavy atom. The third-order valence-electron chi connectivity index (χ3n) is 5.98. The lowest BCUT2D eigenvalue weighted by Gasteiger charge is -2.29. The number of benzene rings is 1. The van der Waals surface area contributed by atoms with E-state index < -0.39 is 5.66 Å². The maximum Gasteiger partial charge on any atom is 0.261 e. The van der Waals surface area contributed by atoms with Crippen LogP contribution in [0.25, 0.3) is 0 Å². The summed E-state index contributed by atoms with van der Waals surface area (Å²) in [5.41, 5.74) is 0.644. The van der Waals surface area contributed by atoms with E-state index in [1.54, 1.807) is 12.1 Å². The van der Waals surface area contributed by atoms with E-state index in [0.29, 0.717) is 42.5 Å². The second kappa shape index (κ2) is 7.78. The molecule has 0 unspecified atom stereocenters. The van der Waals surface area contributed by atoms with Gasteiger partial charge >= 0.3 is 0 Å². The summed E-state index contributed by atoms with van der Waals surface area (Å²) in [6.45, 7) is 0.411. The Morgan fingerprint density at radius 3 is 2.55 bits per heavy atom. The van der Waals surface area contributed by atoms with Crippen molar-refractivity contribution in [3.05, 3.63) is 34.9 Å². The van der Waals surface area contributed by atoms with Gasteiger partial charge in [0.2, 0.25) is 0 Å². The first-order valence-electron chi connectivity index (χ1n) is 10.2. The monoisotopic (exact) mass is 392 g/mol. The van der Waals surface area contributed by atoms with Crippen LogP contribution < -0.4 is 5.32 Å². The van der Waals surface area contributed by atoms with Crippen LogP contribution in [0, 0.1) is 12.3 Å². The molecule has 3 aliphatic rings. The molecule has 7 nitrogen and oxygen atoms in total. The Hall–Kier alpha value is -3.01. The highest BCUT2D eigenvalue weighted by Gasteiger charge is 2.41. The van der Waals surface area contributed by atoms with E-state index in [1.165, 1.54) is 11.0 Å². The summed E-state index contributed by atoms with van der Waals surface area (Å²) < 4.78 is 0. The van der Waals surface area contributed by atoms with Crippen LogP contribution in [0.4, 0.5) is 0 Å². The molecule has 2 aliphatic heterocycles. The van der Waals surface area contributed by atoms with Gasteiger partial charge in [-0.15, -0.1) is 12.3 Å². The molecule has 7 heteroatoms. The minimum Gasteiger partial charge on any atom is -0.352 e. The average Bonchev–Trinajstić information content (AvgIpc) is 3.47. The van der Waals surface area contributed by atoms with Gasteiger partial charge in [0.25, 0.3) is 17.7 Å². The Labute approximate surface area is 169 Å². The molecule has 0 bridgehead atoms. The van der Waals surface area contributed by atoms with Gasteiger partial charge in [0.05, 0.1) is 11.1 Å². The molecule has 3 amide bonds. The fourth-order valence-electron chi connectivity index (χ4n) is 4.22. The number of hydrogen-bond donors (Lipinski definition) is 1. The van der Waals surface area contributed by atoms with Crippen LogP contribution >= 0.6 is 0 Å². The van der Waals surface area contributed by atoms with Crippen LogP contribution in [0.1, 0.15) is 82.4 Å². The van der Waals surface area contributed by atoms with Gasteiger partial charge in [0.1, 0.15) is 0 Å². The molecule has 1 saturated carbocycles. The second-order valence-corrected chi connectivity index (χ2v) is 7.92. The summed E-state index contributed by atoms with van der Waals surface area (Å²) in [5.74, 6) is 1.77. The Balaban J connectivity index is 1.39. The van der Waals surface area contributed by atoms with E-state index in [0.717, 1.165) is 32.1 Å². The molecule has 0 radical (unpaired) electrons. The van der Waals surface area contributed by atoms with Crippen molar-refractivity contribution in [3.63, 3.8) is 0 Å². The molecular formula is C22H24N4O3. The zero-order valence-corrected chi connectivity index (χ0v) is 16.3. The van der Waals surface area contributed by atoms with Gasteiger partial charge < -0.3 is 5.32 Å². The number of carbonyl (C=O) groups is 3. The number of hydrogen-bond acceptors (Lipinski definition) is 5. The van der Waals surface area contributed by atoms with Gasteiger partial charge in [0, 0.05) is 37.4 Å². The van der Waals surface area contributed by atoms with Crippen molar-refractivity contribution in [2.45, 2.75) is 63.1 Å². The van der Waals surface area contributed by atoms with Gasteiger partial charge in [-0.1, -0.05) is 19.3 Å². The fourth-order valence-corrected chi connectivity index (χ4v) is 4.22. The number of fused-ring (bicyclic) bond motifs is 1. The summed E-state index contributed by atoms with van der Waals surface area (Å²) in [6, 6.07) is 4.70. The molecule has 1 fully saturated rings. The fraction of sp³-hybridized carbons (Fsp3) is 0.500. The molecule has 150 valence electrons. The van der Waals surface area contributed by atoms with E-state index >= 15 is 0 Å². The lowest BCUT2D eigenvalue weighted by atomic mass is 9.94. The molecule has 0 aromatic heterocycles. The minimum atomic E-state index is -0.444. The molecule has 1 N–H and O–H groups in total. The third-order valence-corrected chi connectivity index (χ3v) is 5.98. The first kappa shape index (κ1) is 19.3. The topological polar surface area (TPSA) is 91.2 Å². The number of nitrogens with one attached hydrogen (secondary N) is 1. The lowest BCUT2D eigenvalue weighted by molar-refractivity contribution is 0.0548. The minimum absolute atomic E-state index is 0.0290. The summed E-state index contributed by atoms with van der Waals surface area (Å²) >= 11 is 0. The molecular weight excluding hydrogens is 368 g/mol. The highest BCUT2D eigenvalue weighted by Crippen LogP contribution is 2.36. The summed E-state index contributed by atoms with van der Waals surface area (Å²) in [7, 11) is 0. The number of nitrogens with zero attached hydrogens (tertiary/aromatic N) is 3. The standard InChI is InChI=1S/C22H24N4O3/c1-2-3-11-22(24-25-22)12-13-23-19(27)15-9-10-17-18(14-15)21(29)26(20(17)28)16-7-5-4-6-8-16/h1,9-10,14,16H,3-8,11-13H2,(H,23,27). The average molecular weight is 392 g/mol. The Kier molecular flexibility index (Phi) is 5.18. The smallest absolute Gasteiger partial charge is 0.261 e. The quantitative estimate of drug-likeness (QED) is 0.570. The maximum atomic E-state index is 12.9. The molecule has 29 heavy (non-hydrogen) atoms. The lowest BCUT2D eigenvalue weighted by Crippen LogP contribution is -2.40. The van der Waals surface area contributed by atoms with E-state index in [-0.39, 0.29) is 23.8 Å². The first-order valence-corrected chi connectivity index (χ1v) is 10.2. The number of carbonyl (C=O) groups excluding carboxylic acids is 3. The molecule has 4 rings (SSSR count). The van der Waals surface area contributed by atoms with Crippen molar-refractivity contribution >= 4 is 17.7 Å². The predicted molar refractivity (Wildman–Crippen MR) is 106 cm³/mol.